The molecule has 1 aromatic rings. The third-order valence-corrected chi connectivity index (χ3v) is 2.03. The SMILES string of the molecule is COc1c(C)cccc1[C@@H](O)CN. The summed E-state index contributed by atoms with van der Waals surface area (Å²) < 4.78 is 5.18. The molecule has 3 N–H and O–H groups in total. The number of ether oxygens (including phenoxy) is 1. The molecule has 0 unspecified atom stereocenters. The number of rotatable bonds is 3. The first-order valence-electron chi connectivity index (χ1n) is 4.22. The third-order valence-electron chi connectivity index (χ3n) is 2.03. The van der Waals surface area contributed by atoms with E-state index >= 15 is 0 Å². The zero-order valence-corrected chi connectivity index (χ0v) is 7.95. The minimum Gasteiger partial charge on any atom is -0.496 e. The highest BCUT2D eigenvalue weighted by molar-refractivity contribution is 5.42. The molecule has 1 aromatic carbocycles. The summed E-state index contributed by atoms with van der Waals surface area (Å²) in [5, 5.41) is 9.56. The van der Waals surface area contributed by atoms with E-state index in [1.807, 2.05) is 25.1 Å². The van der Waals surface area contributed by atoms with Gasteiger partial charge in [0, 0.05) is 12.1 Å². The molecule has 0 saturated heterocycles. The molecule has 0 radical (unpaired) electrons. The van der Waals surface area contributed by atoms with Crippen LogP contribution in [0.5, 0.6) is 5.75 Å². The molecule has 0 amide bonds. The zero-order chi connectivity index (χ0) is 9.84. The van der Waals surface area contributed by atoms with Gasteiger partial charge < -0.3 is 15.6 Å². The fraction of sp³-hybridized carbons (Fsp3) is 0.400. The van der Waals surface area contributed by atoms with Gasteiger partial charge in [-0.15, -0.1) is 0 Å². The summed E-state index contributed by atoms with van der Waals surface area (Å²) in [6, 6.07) is 5.64. The number of aryl methyl sites for hydroxylation is 1. The minimum atomic E-state index is -0.644. The summed E-state index contributed by atoms with van der Waals surface area (Å²) in [7, 11) is 1.59. The first kappa shape index (κ1) is 10.0. The van der Waals surface area contributed by atoms with Gasteiger partial charge >= 0.3 is 0 Å². The van der Waals surface area contributed by atoms with Crippen molar-refractivity contribution in [1.29, 1.82) is 0 Å². The average Bonchev–Trinajstić information content (AvgIpc) is 2.16. The molecular weight excluding hydrogens is 166 g/mol. The molecule has 13 heavy (non-hydrogen) atoms. The van der Waals surface area contributed by atoms with Crippen molar-refractivity contribution in [1.82, 2.24) is 0 Å². The second-order valence-electron chi connectivity index (χ2n) is 2.95. The Hall–Kier alpha value is -1.06. The monoisotopic (exact) mass is 181 g/mol. The van der Waals surface area contributed by atoms with Crippen LogP contribution < -0.4 is 10.5 Å². The Kier molecular flexibility index (Phi) is 3.28. The molecule has 0 aromatic heterocycles. The van der Waals surface area contributed by atoms with Crippen molar-refractivity contribution in [3.05, 3.63) is 29.3 Å². The largest absolute Gasteiger partial charge is 0.496 e. The van der Waals surface area contributed by atoms with Crippen LogP contribution in [0.25, 0.3) is 0 Å². The fourth-order valence-electron chi connectivity index (χ4n) is 1.34. The average molecular weight is 181 g/mol. The second-order valence-corrected chi connectivity index (χ2v) is 2.95. The van der Waals surface area contributed by atoms with Gasteiger partial charge in [0.2, 0.25) is 0 Å². The van der Waals surface area contributed by atoms with Crippen LogP contribution in [0, 0.1) is 6.92 Å². The quantitative estimate of drug-likeness (QED) is 0.731. The summed E-state index contributed by atoms with van der Waals surface area (Å²) >= 11 is 0. The summed E-state index contributed by atoms with van der Waals surface area (Å²) in [4.78, 5) is 0. The van der Waals surface area contributed by atoms with Gasteiger partial charge in [-0.05, 0) is 12.5 Å². The maximum Gasteiger partial charge on any atom is 0.127 e. The Morgan fingerprint density at radius 3 is 2.77 bits per heavy atom. The highest BCUT2D eigenvalue weighted by Gasteiger charge is 2.12. The predicted octanol–water partition coefficient (Wildman–Crippen LogP) is 0.996. The lowest BCUT2D eigenvalue weighted by Gasteiger charge is -2.14. The molecule has 0 saturated carbocycles. The van der Waals surface area contributed by atoms with E-state index in [4.69, 9.17) is 10.5 Å². The Bertz CT molecular complexity index is 286. The molecular formula is C10H15NO2. The van der Waals surface area contributed by atoms with Crippen LogP contribution in [-0.2, 0) is 0 Å². The molecule has 0 fully saturated rings. The molecule has 0 aliphatic carbocycles. The fourth-order valence-corrected chi connectivity index (χ4v) is 1.34. The van der Waals surface area contributed by atoms with E-state index in [0.29, 0.717) is 0 Å². The van der Waals surface area contributed by atoms with E-state index in [9.17, 15) is 5.11 Å². The second kappa shape index (κ2) is 4.25. The van der Waals surface area contributed by atoms with Crippen molar-refractivity contribution in [2.24, 2.45) is 5.73 Å². The standard InChI is InChI=1S/C10H15NO2/c1-7-4-3-5-8(9(12)6-11)10(7)13-2/h3-5,9,12H,6,11H2,1-2H3/t9-/m0/s1. The van der Waals surface area contributed by atoms with E-state index < -0.39 is 6.10 Å². The van der Waals surface area contributed by atoms with Crippen molar-refractivity contribution in [3.8, 4) is 5.75 Å². The van der Waals surface area contributed by atoms with Crippen molar-refractivity contribution >= 4 is 0 Å². The molecule has 0 spiro atoms. The maximum atomic E-state index is 9.56. The molecule has 0 aliphatic heterocycles. The van der Waals surface area contributed by atoms with Gasteiger partial charge in [-0.3, -0.25) is 0 Å². The number of hydrogen-bond donors (Lipinski definition) is 2. The van der Waals surface area contributed by atoms with Gasteiger partial charge in [0.05, 0.1) is 13.2 Å². The normalized spacial score (nSPS) is 12.6. The van der Waals surface area contributed by atoms with Crippen LogP contribution in [0.3, 0.4) is 0 Å². The lowest BCUT2D eigenvalue weighted by atomic mass is 10.0. The van der Waals surface area contributed by atoms with Crippen molar-refractivity contribution in [3.63, 3.8) is 0 Å². The molecule has 0 aliphatic rings. The van der Waals surface area contributed by atoms with Gasteiger partial charge in [-0.2, -0.15) is 0 Å². The minimum absolute atomic E-state index is 0.208. The van der Waals surface area contributed by atoms with Crippen LogP contribution >= 0.6 is 0 Å². The number of aliphatic hydroxyl groups is 1. The van der Waals surface area contributed by atoms with E-state index in [-0.39, 0.29) is 6.54 Å². The van der Waals surface area contributed by atoms with Crippen LogP contribution in [0.2, 0.25) is 0 Å². The van der Waals surface area contributed by atoms with Crippen molar-refractivity contribution < 1.29 is 9.84 Å². The highest BCUT2D eigenvalue weighted by Crippen LogP contribution is 2.27. The molecule has 0 heterocycles. The number of aliphatic hydroxyl groups excluding tert-OH is 1. The Morgan fingerprint density at radius 1 is 1.54 bits per heavy atom. The van der Waals surface area contributed by atoms with E-state index in [1.165, 1.54) is 0 Å². The Morgan fingerprint density at radius 2 is 2.23 bits per heavy atom. The smallest absolute Gasteiger partial charge is 0.127 e. The van der Waals surface area contributed by atoms with E-state index in [1.54, 1.807) is 7.11 Å². The number of nitrogens with two attached hydrogens (primary N) is 1. The predicted molar refractivity (Wildman–Crippen MR) is 51.7 cm³/mol. The van der Waals surface area contributed by atoms with Crippen molar-refractivity contribution in [2.45, 2.75) is 13.0 Å². The van der Waals surface area contributed by atoms with Gasteiger partial charge in [0.15, 0.2) is 0 Å². The maximum absolute atomic E-state index is 9.56. The van der Waals surface area contributed by atoms with Gasteiger partial charge in [-0.25, -0.2) is 0 Å². The lowest BCUT2D eigenvalue weighted by molar-refractivity contribution is 0.182. The number of benzene rings is 1. The summed E-state index contributed by atoms with van der Waals surface area (Å²) in [5.74, 6) is 0.723. The number of para-hydroxylation sites is 1. The summed E-state index contributed by atoms with van der Waals surface area (Å²) in [5.41, 5.74) is 7.13. The molecule has 72 valence electrons. The van der Waals surface area contributed by atoms with Crippen LogP contribution in [0.1, 0.15) is 17.2 Å². The van der Waals surface area contributed by atoms with Crippen LogP contribution in [0.15, 0.2) is 18.2 Å². The summed E-state index contributed by atoms with van der Waals surface area (Å²) in [6.07, 6.45) is -0.644. The first-order valence-corrected chi connectivity index (χ1v) is 4.22. The van der Waals surface area contributed by atoms with Gasteiger partial charge in [0.25, 0.3) is 0 Å². The van der Waals surface area contributed by atoms with Crippen LogP contribution in [0.4, 0.5) is 0 Å². The summed E-state index contributed by atoms with van der Waals surface area (Å²) in [6.45, 7) is 2.14. The third kappa shape index (κ3) is 1.99. The molecule has 1 rings (SSSR count). The van der Waals surface area contributed by atoms with Gasteiger partial charge in [-0.1, -0.05) is 18.2 Å². The topological polar surface area (TPSA) is 55.5 Å². The van der Waals surface area contributed by atoms with Crippen molar-refractivity contribution in [2.75, 3.05) is 13.7 Å². The Balaban J connectivity index is 3.12. The van der Waals surface area contributed by atoms with E-state index in [0.717, 1.165) is 16.9 Å². The zero-order valence-electron chi connectivity index (χ0n) is 7.95. The lowest BCUT2D eigenvalue weighted by Crippen LogP contribution is -2.12. The molecule has 1 atom stereocenters. The van der Waals surface area contributed by atoms with Gasteiger partial charge in [0.1, 0.15) is 5.75 Å². The Labute approximate surface area is 78.1 Å². The van der Waals surface area contributed by atoms with E-state index in [2.05, 4.69) is 0 Å². The molecule has 0 bridgehead atoms. The highest BCUT2D eigenvalue weighted by atomic mass is 16.5. The first-order chi connectivity index (χ1) is 6.20. The molecule has 3 nitrogen and oxygen atoms in total. The number of hydrogen-bond acceptors (Lipinski definition) is 3. The number of methoxy groups -OCH3 is 1. The van der Waals surface area contributed by atoms with Crippen LogP contribution in [-0.4, -0.2) is 18.8 Å². The molecule has 3 heteroatoms.